The minimum atomic E-state index is -3.31. The number of nitrogens with one attached hydrogen (secondary N) is 2. The zero-order chi connectivity index (χ0) is 46.6. The van der Waals surface area contributed by atoms with Crippen molar-refractivity contribution in [1.29, 1.82) is 0 Å². The second-order valence-electron chi connectivity index (χ2n) is 15.1. The van der Waals surface area contributed by atoms with E-state index in [1.54, 1.807) is 87.0 Å². The highest BCUT2D eigenvalue weighted by atomic mass is 32.2. The van der Waals surface area contributed by atoms with Gasteiger partial charge in [0.2, 0.25) is 0 Å². The number of aromatic nitrogens is 4. The van der Waals surface area contributed by atoms with E-state index in [1.165, 1.54) is 54.7 Å². The summed E-state index contributed by atoms with van der Waals surface area (Å²) in [6, 6.07) is 27.7. The highest BCUT2D eigenvalue weighted by Gasteiger charge is 2.19. The summed E-state index contributed by atoms with van der Waals surface area (Å²) in [5.41, 5.74) is 4.40. The molecule has 330 valence electrons. The van der Waals surface area contributed by atoms with Gasteiger partial charge >= 0.3 is 0 Å². The lowest BCUT2D eigenvalue weighted by atomic mass is 10.0. The third-order valence-electron chi connectivity index (χ3n) is 10.3. The molecule has 2 amide bonds. The molecule has 2 N–H and O–H groups in total. The van der Waals surface area contributed by atoms with Crippen LogP contribution in [-0.2, 0) is 19.7 Å². The van der Waals surface area contributed by atoms with E-state index in [0.717, 1.165) is 41.2 Å². The van der Waals surface area contributed by atoms with Crippen molar-refractivity contribution in [3.05, 3.63) is 180 Å². The van der Waals surface area contributed by atoms with E-state index in [0.29, 0.717) is 33.1 Å². The molecule has 0 bridgehead atoms. The van der Waals surface area contributed by atoms with E-state index in [2.05, 4.69) is 30.6 Å². The van der Waals surface area contributed by atoms with Crippen LogP contribution in [0.25, 0.3) is 44.1 Å². The van der Waals surface area contributed by atoms with Crippen molar-refractivity contribution in [2.75, 3.05) is 12.5 Å². The second kappa shape index (κ2) is 18.8. The van der Waals surface area contributed by atoms with Crippen molar-refractivity contribution in [3.8, 4) is 22.3 Å². The maximum absolute atomic E-state index is 14.4. The highest BCUT2D eigenvalue weighted by molar-refractivity contribution is 7.91. The van der Waals surface area contributed by atoms with Crippen molar-refractivity contribution in [2.45, 2.75) is 35.7 Å². The van der Waals surface area contributed by atoms with Gasteiger partial charge in [-0.25, -0.2) is 40.0 Å². The fourth-order valence-electron chi connectivity index (χ4n) is 6.83. The molecule has 2 atom stereocenters. The summed E-state index contributed by atoms with van der Waals surface area (Å²) in [5.74, 6) is -2.67. The fraction of sp³-hybridized carbons (Fsp3) is 0.125. The van der Waals surface area contributed by atoms with Gasteiger partial charge in [0.05, 0.1) is 32.9 Å². The largest absolute Gasteiger partial charge is 0.344 e. The first kappa shape index (κ1) is 45.6. The van der Waals surface area contributed by atoms with E-state index in [4.69, 9.17) is 0 Å². The lowest BCUT2D eigenvalue weighted by Crippen LogP contribution is -2.27. The number of halogens is 3. The molecule has 0 radical (unpaired) electrons. The van der Waals surface area contributed by atoms with Crippen LogP contribution in [0.2, 0.25) is 0 Å². The Morgan fingerprint density at radius 2 is 0.985 bits per heavy atom. The molecule has 0 saturated heterocycles. The number of carbonyl (C=O) groups is 2. The summed E-state index contributed by atoms with van der Waals surface area (Å²) in [7, 11) is -6.60. The SMILES string of the molecule is CC(NC(=O)c1ccc2cncc(-c3ccc(F)cc3F)c2n1)c1ccc(S(C)(=O)=O)cc1.CC(NC(=O)c1ccc2cncc(-c3cccc(F)c3)c2n1)c1ccc(S(C)(=O)=O)cc1. The van der Waals surface area contributed by atoms with E-state index in [1.807, 2.05) is 0 Å². The molecule has 0 aliphatic heterocycles. The molecule has 8 rings (SSSR count). The average Bonchev–Trinajstić information content (AvgIpc) is 3.28. The van der Waals surface area contributed by atoms with Gasteiger partial charge in [-0.05, 0) is 103 Å². The van der Waals surface area contributed by atoms with Crippen LogP contribution >= 0.6 is 0 Å². The summed E-state index contributed by atoms with van der Waals surface area (Å²) in [6.45, 7) is 3.56. The summed E-state index contributed by atoms with van der Waals surface area (Å²) in [5, 5.41) is 7.02. The van der Waals surface area contributed by atoms with Crippen LogP contribution in [0.15, 0.2) is 150 Å². The number of hydrogen-bond acceptors (Lipinski definition) is 10. The summed E-state index contributed by atoms with van der Waals surface area (Å²) in [6.07, 6.45) is 8.46. The standard InChI is InChI=1S/C24H19F2N3O3S.C24H20FN3O3S/c1-14(15-3-7-18(8-4-15)33(2,31)32)28-24(30)22-10-5-16-12-27-13-20(23(16)29-22)19-9-6-17(25)11-21(19)26;1-15(16-6-9-20(10-7-16)32(2,30)31)27-24(29)22-11-8-18-13-26-14-21(23(18)28-22)17-4-3-5-19(25)12-17/h3-14H,1-2H3,(H,28,30);3-15H,1-2H3,(H,27,29). The van der Waals surface area contributed by atoms with Gasteiger partial charge in [-0.1, -0.05) is 36.4 Å². The van der Waals surface area contributed by atoms with Gasteiger partial charge < -0.3 is 10.6 Å². The third-order valence-corrected chi connectivity index (χ3v) is 12.6. The average molecular weight is 917 g/mol. The smallest absolute Gasteiger partial charge is 0.270 e. The lowest BCUT2D eigenvalue weighted by Gasteiger charge is -2.15. The summed E-state index contributed by atoms with van der Waals surface area (Å²) < 4.78 is 87.9. The van der Waals surface area contributed by atoms with Gasteiger partial charge in [0.25, 0.3) is 11.8 Å². The molecule has 17 heteroatoms. The first-order valence-corrected chi connectivity index (χ1v) is 23.6. The predicted octanol–water partition coefficient (Wildman–Crippen LogP) is 8.80. The number of amides is 2. The predicted molar refractivity (Wildman–Crippen MR) is 241 cm³/mol. The summed E-state index contributed by atoms with van der Waals surface area (Å²) >= 11 is 0. The third kappa shape index (κ3) is 10.7. The van der Waals surface area contributed by atoms with Crippen LogP contribution < -0.4 is 10.6 Å². The number of rotatable bonds is 10. The molecule has 4 heterocycles. The van der Waals surface area contributed by atoms with Crippen LogP contribution in [0.4, 0.5) is 13.2 Å². The molecule has 0 saturated carbocycles. The minimum absolute atomic E-state index is 0.108. The van der Waals surface area contributed by atoms with Crippen molar-refractivity contribution < 1.29 is 39.6 Å². The Morgan fingerprint density at radius 1 is 0.523 bits per heavy atom. The molecule has 0 aliphatic rings. The Kier molecular flexibility index (Phi) is 13.2. The molecule has 65 heavy (non-hydrogen) atoms. The molecule has 4 aromatic carbocycles. The zero-order valence-corrected chi connectivity index (χ0v) is 36.8. The van der Waals surface area contributed by atoms with E-state index >= 15 is 0 Å². The Bertz CT molecular complexity index is 3340. The molecule has 12 nitrogen and oxygen atoms in total. The monoisotopic (exact) mass is 916 g/mol. The van der Waals surface area contributed by atoms with Crippen LogP contribution in [0.1, 0.15) is 58.0 Å². The maximum atomic E-state index is 14.4. The molecule has 2 unspecified atom stereocenters. The second-order valence-corrected chi connectivity index (χ2v) is 19.1. The molecule has 4 aromatic heterocycles. The van der Waals surface area contributed by atoms with Crippen molar-refractivity contribution >= 4 is 53.3 Å². The minimum Gasteiger partial charge on any atom is -0.344 e. The maximum Gasteiger partial charge on any atom is 0.270 e. The Morgan fingerprint density at radius 3 is 1.45 bits per heavy atom. The van der Waals surface area contributed by atoms with Crippen molar-refractivity contribution in [3.63, 3.8) is 0 Å². The van der Waals surface area contributed by atoms with Crippen LogP contribution in [-0.4, -0.2) is 61.1 Å². The number of sulfone groups is 2. The van der Waals surface area contributed by atoms with E-state index in [9.17, 15) is 39.6 Å². The molecule has 0 fully saturated rings. The van der Waals surface area contributed by atoms with Crippen LogP contribution in [0.3, 0.4) is 0 Å². The van der Waals surface area contributed by atoms with Gasteiger partial charge in [-0.2, -0.15) is 0 Å². The fourth-order valence-corrected chi connectivity index (χ4v) is 8.09. The Hall–Kier alpha value is -7.37. The van der Waals surface area contributed by atoms with Crippen molar-refractivity contribution in [2.24, 2.45) is 0 Å². The molecule has 0 spiro atoms. The zero-order valence-electron chi connectivity index (χ0n) is 35.1. The van der Waals surface area contributed by atoms with Gasteiger partial charge in [0.15, 0.2) is 19.7 Å². The number of benzene rings is 4. The molecule has 0 aliphatic carbocycles. The van der Waals surface area contributed by atoms with Gasteiger partial charge in [-0.15, -0.1) is 0 Å². The van der Waals surface area contributed by atoms with E-state index < -0.39 is 43.3 Å². The summed E-state index contributed by atoms with van der Waals surface area (Å²) in [4.78, 5) is 43.3. The number of nitrogens with zero attached hydrogens (tertiary/aromatic N) is 4. The number of fused-ring (bicyclic) bond motifs is 2. The normalized spacial score (nSPS) is 12.5. The Labute approximate surface area is 372 Å². The van der Waals surface area contributed by atoms with Crippen LogP contribution in [0.5, 0.6) is 0 Å². The lowest BCUT2D eigenvalue weighted by molar-refractivity contribution is 0.0927. The van der Waals surface area contributed by atoms with Gasteiger partial charge in [0.1, 0.15) is 28.8 Å². The first-order chi connectivity index (χ1) is 30.8. The molecule has 8 aromatic rings. The molecular weight excluding hydrogens is 878 g/mol. The topological polar surface area (TPSA) is 178 Å². The molecular formula is C48H39F3N6O6S2. The van der Waals surface area contributed by atoms with E-state index in [-0.39, 0.29) is 44.5 Å². The number of pyridine rings is 4. The highest BCUT2D eigenvalue weighted by Crippen LogP contribution is 2.30. The Balaban J connectivity index is 0.000000194. The number of hydrogen-bond donors (Lipinski definition) is 2. The number of carbonyl (C=O) groups excluding carboxylic acids is 2. The van der Waals surface area contributed by atoms with Gasteiger partial charge in [0, 0.05) is 70.8 Å². The first-order valence-electron chi connectivity index (χ1n) is 19.8. The van der Waals surface area contributed by atoms with Gasteiger partial charge in [-0.3, -0.25) is 19.6 Å². The quantitative estimate of drug-likeness (QED) is 0.135. The van der Waals surface area contributed by atoms with Crippen LogP contribution in [0, 0.1) is 17.5 Å². The van der Waals surface area contributed by atoms with Crippen molar-refractivity contribution in [1.82, 2.24) is 30.6 Å².